The maximum atomic E-state index is 13.0. The Kier molecular flexibility index (Phi) is 3.67. The molecule has 0 atom stereocenters. The predicted octanol–water partition coefficient (Wildman–Crippen LogP) is 1.64. The van der Waals surface area contributed by atoms with E-state index in [0.717, 1.165) is 31.9 Å². The second-order valence-electron chi connectivity index (χ2n) is 5.25. The van der Waals surface area contributed by atoms with E-state index in [1.54, 1.807) is 0 Å². The van der Waals surface area contributed by atoms with E-state index >= 15 is 0 Å². The van der Waals surface area contributed by atoms with Gasteiger partial charge in [-0.25, -0.2) is 4.39 Å². The van der Waals surface area contributed by atoms with E-state index in [1.807, 2.05) is 0 Å². The third-order valence-corrected chi connectivity index (χ3v) is 3.86. The van der Waals surface area contributed by atoms with Crippen molar-refractivity contribution in [3.05, 3.63) is 29.8 Å². The minimum atomic E-state index is -0.506. The zero-order valence-electron chi connectivity index (χ0n) is 11.1. The number of aromatic nitrogens is 1. The lowest BCUT2D eigenvalue weighted by Gasteiger charge is -2.35. The monoisotopic (exact) mass is 280 g/mol. The van der Waals surface area contributed by atoms with Gasteiger partial charge in [0, 0.05) is 25.1 Å². The van der Waals surface area contributed by atoms with Gasteiger partial charge in [0.05, 0.1) is 25.0 Å². The van der Waals surface area contributed by atoms with Crippen molar-refractivity contribution in [2.45, 2.75) is 37.5 Å². The molecule has 1 aliphatic heterocycles. The molecule has 1 aromatic heterocycles. The van der Waals surface area contributed by atoms with Gasteiger partial charge in [-0.05, 0) is 18.9 Å². The number of ether oxygens (including phenoxy) is 2. The van der Waals surface area contributed by atoms with Crippen LogP contribution in [0.2, 0.25) is 0 Å². The van der Waals surface area contributed by atoms with Crippen LogP contribution in [0.15, 0.2) is 18.5 Å². The molecule has 1 N–H and O–H groups in total. The van der Waals surface area contributed by atoms with Crippen molar-refractivity contribution < 1.29 is 18.7 Å². The van der Waals surface area contributed by atoms with E-state index in [9.17, 15) is 9.18 Å². The number of hydrogen-bond acceptors (Lipinski definition) is 4. The Balaban J connectivity index is 1.55. The first-order valence-corrected chi connectivity index (χ1v) is 6.86. The zero-order valence-corrected chi connectivity index (χ0v) is 11.1. The topological polar surface area (TPSA) is 60.5 Å². The summed E-state index contributed by atoms with van der Waals surface area (Å²) in [6.45, 7) is 1.29. The highest BCUT2D eigenvalue weighted by Crippen LogP contribution is 2.35. The summed E-state index contributed by atoms with van der Waals surface area (Å²) in [5, 5.41) is 2.91. The fraction of sp³-hybridized carbons (Fsp3) is 0.571. The molecule has 2 fully saturated rings. The van der Waals surface area contributed by atoms with Gasteiger partial charge >= 0.3 is 0 Å². The van der Waals surface area contributed by atoms with Crippen LogP contribution in [-0.4, -0.2) is 35.9 Å². The molecule has 1 saturated carbocycles. The smallest absolute Gasteiger partial charge is 0.253 e. The number of rotatable bonds is 2. The van der Waals surface area contributed by atoms with E-state index in [-0.39, 0.29) is 17.5 Å². The van der Waals surface area contributed by atoms with Gasteiger partial charge in [-0.15, -0.1) is 0 Å². The minimum absolute atomic E-state index is 0.0733. The van der Waals surface area contributed by atoms with Crippen LogP contribution in [0.5, 0.6) is 0 Å². The van der Waals surface area contributed by atoms with Crippen LogP contribution >= 0.6 is 0 Å². The summed E-state index contributed by atoms with van der Waals surface area (Å²) in [6.07, 6.45) is 5.60. The first kappa shape index (κ1) is 13.5. The highest BCUT2D eigenvalue weighted by atomic mass is 19.1. The predicted molar refractivity (Wildman–Crippen MR) is 68.6 cm³/mol. The highest BCUT2D eigenvalue weighted by molar-refractivity contribution is 5.94. The van der Waals surface area contributed by atoms with Crippen LogP contribution in [0.3, 0.4) is 0 Å². The molecule has 1 aliphatic carbocycles. The average Bonchev–Trinajstić information content (AvgIpc) is 2.90. The number of carbonyl (C=O) groups excluding carboxylic acids is 1. The Bertz CT molecular complexity index is 493. The van der Waals surface area contributed by atoms with Crippen LogP contribution in [0, 0.1) is 5.82 Å². The lowest BCUT2D eigenvalue weighted by atomic mass is 9.90. The Labute approximate surface area is 116 Å². The Hall–Kier alpha value is -1.53. The van der Waals surface area contributed by atoms with Crippen molar-refractivity contribution in [1.82, 2.24) is 10.3 Å². The molecule has 1 aromatic rings. The standard InChI is InChI=1S/C14H17FN2O3/c15-11-7-10(8-16-9-11)13(18)17-12-1-3-14(4-2-12)19-5-6-20-14/h7-9,12H,1-6H2,(H,17,18). The third-order valence-electron chi connectivity index (χ3n) is 3.86. The first-order chi connectivity index (χ1) is 9.67. The van der Waals surface area contributed by atoms with E-state index in [4.69, 9.17) is 9.47 Å². The quantitative estimate of drug-likeness (QED) is 0.894. The maximum absolute atomic E-state index is 13.0. The molecule has 20 heavy (non-hydrogen) atoms. The molecule has 5 nitrogen and oxygen atoms in total. The second kappa shape index (κ2) is 5.46. The number of carbonyl (C=O) groups is 1. The van der Waals surface area contributed by atoms with Gasteiger partial charge in [-0.2, -0.15) is 0 Å². The number of hydrogen-bond donors (Lipinski definition) is 1. The molecule has 0 bridgehead atoms. The van der Waals surface area contributed by atoms with Crippen LogP contribution < -0.4 is 5.32 Å². The van der Waals surface area contributed by atoms with Crippen molar-refractivity contribution in [2.24, 2.45) is 0 Å². The summed E-state index contributed by atoms with van der Waals surface area (Å²) in [4.78, 5) is 15.7. The number of amides is 1. The summed E-state index contributed by atoms with van der Waals surface area (Å²) in [5.74, 6) is -1.22. The summed E-state index contributed by atoms with van der Waals surface area (Å²) < 4.78 is 24.3. The first-order valence-electron chi connectivity index (χ1n) is 6.86. The zero-order chi connectivity index (χ0) is 14.0. The van der Waals surface area contributed by atoms with Crippen molar-refractivity contribution in [3.8, 4) is 0 Å². The Morgan fingerprint density at radius 3 is 2.65 bits per heavy atom. The summed E-state index contributed by atoms with van der Waals surface area (Å²) in [7, 11) is 0. The van der Waals surface area contributed by atoms with Gasteiger partial charge < -0.3 is 14.8 Å². The number of halogens is 1. The van der Waals surface area contributed by atoms with Crippen molar-refractivity contribution in [3.63, 3.8) is 0 Å². The maximum Gasteiger partial charge on any atom is 0.253 e. The normalized spacial score (nSPS) is 22.1. The minimum Gasteiger partial charge on any atom is -0.349 e. The van der Waals surface area contributed by atoms with Crippen molar-refractivity contribution in [1.29, 1.82) is 0 Å². The van der Waals surface area contributed by atoms with E-state index in [2.05, 4.69) is 10.3 Å². The fourth-order valence-electron chi connectivity index (χ4n) is 2.79. The van der Waals surface area contributed by atoms with Crippen LogP contribution in [0.1, 0.15) is 36.0 Å². The number of nitrogens with zero attached hydrogens (tertiary/aromatic N) is 1. The lowest BCUT2D eigenvalue weighted by molar-refractivity contribution is -0.179. The molecule has 3 rings (SSSR count). The van der Waals surface area contributed by atoms with Crippen LogP contribution in [0.4, 0.5) is 4.39 Å². The van der Waals surface area contributed by atoms with Gasteiger partial charge in [0.25, 0.3) is 5.91 Å². The van der Waals surface area contributed by atoms with Gasteiger partial charge in [0.15, 0.2) is 5.79 Å². The SMILES string of the molecule is O=C(NC1CCC2(CC1)OCCO2)c1cncc(F)c1. The van der Waals surface area contributed by atoms with E-state index in [0.29, 0.717) is 13.2 Å². The van der Waals surface area contributed by atoms with Gasteiger partial charge in [0.2, 0.25) is 0 Å². The summed E-state index contributed by atoms with van der Waals surface area (Å²) >= 11 is 0. The molecule has 1 spiro atoms. The van der Waals surface area contributed by atoms with Crippen molar-refractivity contribution in [2.75, 3.05) is 13.2 Å². The average molecular weight is 280 g/mol. The molecule has 0 aromatic carbocycles. The van der Waals surface area contributed by atoms with Crippen molar-refractivity contribution >= 4 is 5.91 Å². The number of pyridine rings is 1. The summed E-state index contributed by atoms with van der Waals surface area (Å²) in [6, 6.07) is 1.26. The molecule has 2 heterocycles. The molecule has 1 saturated heterocycles. The third kappa shape index (κ3) is 2.81. The lowest BCUT2D eigenvalue weighted by Crippen LogP contribution is -2.44. The van der Waals surface area contributed by atoms with E-state index in [1.165, 1.54) is 12.3 Å². The van der Waals surface area contributed by atoms with Crippen LogP contribution in [0.25, 0.3) is 0 Å². The molecular weight excluding hydrogens is 263 g/mol. The Morgan fingerprint density at radius 1 is 1.30 bits per heavy atom. The molecular formula is C14H17FN2O3. The number of nitrogens with one attached hydrogen (secondary N) is 1. The molecule has 0 radical (unpaired) electrons. The fourth-order valence-corrected chi connectivity index (χ4v) is 2.79. The van der Waals surface area contributed by atoms with Crippen LogP contribution in [-0.2, 0) is 9.47 Å². The van der Waals surface area contributed by atoms with E-state index < -0.39 is 11.6 Å². The molecule has 1 amide bonds. The summed E-state index contributed by atoms with van der Waals surface area (Å²) in [5.41, 5.74) is 0.249. The van der Waals surface area contributed by atoms with Gasteiger partial charge in [-0.1, -0.05) is 0 Å². The Morgan fingerprint density at radius 2 is 2.00 bits per heavy atom. The highest BCUT2D eigenvalue weighted by Gasteiger charge is 2.40. The molecule has 6 heteroatoms. The molecule has 2 aliphatic rings. The molecule has 108 valence electrons. The largest absolute Gasteiger partial charge is 0.349 e. The van der Waals surface area contributed by atoms with Gasteiger partial charge in [0.1, 0.15) is 5.82 Å². The molecule has 0 unspecified atom stereocenters. The van der Waals surface area contributed by atoms with Gasteiger partial charge in [-0.3, -0.25) is 9.78 Å². The second-order valence-corrected chi connectivity index (χ2v) is 5.25.